The van der Waals surface area contributed by atoms with Crippen LogP contribution in [0.5, 0.6) is 0 Å². The van der Waals surface area contributed by atoms with Gasteiger partial charge >= 0.3 is 12.3 Å². The van der Waals surface area contributed by atoms with Crippen LogP contribution in [0.4, 0.5) is 13.2 Å². The van der Waals surface area contributed by atoms with E-state index in [0.29, 0.717) is 5.56 Å². The molecule has 8 heteroatoms. The van der Waals surface area contributed by atoms with Crippen LogP contribution in [-0.4, -0.2) is 34.3 Å². The predicted octanol–water partition coefficient (Wildman–Crippen LogP) is 1.38. The molecule has 1 atom stereocenters. The fourth-order valence-electron chi connectivity index (χ4n) is 1.70. The van der Waals surface area contributed by atoms with E-state index in [2.05, 4.69) is 5.10 Å². The first-order chi connectivity index (χ1) is 8.89. The lowest BCUT2D eigenvalue weighted by atomic mass is 10.1. The fraction of sp³-hybridized carbons (Fsp3) is 0.273. The highest BCUT2D eigenvalue weighted by molar-refractivity contribution is 5.92. The minimum Gasteiger partial charge on any atom is -0.480 e. The summed E-state index contributed by atoms with van der Waals surface area (Å²) in [5, 5.41) is 12.2. The number of rotatable bonds is 4. The molecule has 0 unspecified atom stereocenters. The molecule has 1 aromatic rings. The van der Waals surface area contributed by atoms with Crippen LogP contribution in [0.15, 0.2) is 35.4 Å². The molecule has 0 aromatic heterocycles. The Balaban J connectivity index is 2.24. The van der Waals surface area contributed by atoms with E-state index in [-0.39, 0.29) is 11.3 Å². The van der Waals surface area contributed by atoms with E-state index in [0.717, 1.165) is 0 Å². The first-order valence-electron chi connectivity index (χ1n) is 5.36. The van der Waals surface area contributed by atoms with Crippen molar-refractivity contribution < 1.29 is 23.1 Å². The highest BCUT2D eigenvalue weighted by Gasteiger charge is 2.49. The van der Waals surface area contributed by atoms with Crippen LogP contribution in [0.25, 0.3) is 0 Å². The van der Waals surface area contributed by atoms with Gasteiger partial charge in [-0.15, -0.1) is 18.3 Å². The number of alkyl halides is 3. The van der Waals surface area contributed by atoms with E-state index in [1.807, 2.05) is 5.43 Å². The van der Waals surface area contributed by atoms with E-state index in [4.69, 9.17) is 5.11 Å². The molecule has 1 heterocycles. The Kier molecular flexibility index (Phi) is 3.32. The summed E-state index contributed by atoms with van der Waals surface area (Å²) in [7, 11) is 0. The van der Waals surface area contributed by atoms with E-state index in [1.165, 1.54) is 0 Å². The first-order valence-corrected chi connectivity index (χ1v) is 5.36. The number of halogens is 3. The number of hydrogen-bond donors (Lipinski definition) is 2. The van der Waals surface area contributed by atoms with E-state index < -0.39 is 24.3 Å². The molecule has 5 nitrogen and oxygen atoms in total. The van der Waals surface area contributed by atoms with Gasteiger partial charge in [0, 0.05) is 6.42 Å². The van der Waals surface area contributed by atoms with Crippen molar-refractivity contribution in [1.29, 1.82) is 0 Å². The Hall–Kier alpha value is -2.25. The molecule has 1 aromatic carbocycles. The smallest absolute Gasteiger partial charge is 0.480 e. The van der Waals surface area contributed by atoms with Crippen LogP contribution in [0.3, 0.4) is 0 Å². The molecular formula is C11H10F3N3O2. The number of benzene rings is 1. The van der Waals surface area contributed by atoms with Gasteiger partial charge in [-0.25, -0.2) is 15.1 Å². The zero-order valence-corrected chi connectivity index (χ0v) is 9.55. The lowest BCUT2D eigenvalue weighted by molar-refractivity contribution is -0.231. The lowest BCUT2D eigenvalue weighted by Gasteiger charge is -2.28. The molecule has 0 saturated heterocycles. The van der Waals surface area contributed by atoms with Crippen LogP contribution in [-0.2, 0) is 11.2 Å². The van der Waals surface area contributed by atoms with Gasteiger partial charge in [0.2, 0.25) is 5.96 Å². The van der Waals surface area contributed by atoms with E-state index in [1.54, 1.807) is 30.3 Å². The largest absolute Gasteiger partial charge is 0.488 e. The Morgan fingerprint density at radius 2 is 1.95 bits per heavy atom. The Labute approximate surface area is 106 Å². The van der Waals surface area contributed by atoms with Crippen molar-refractivity contribution in [1.82, 2.24) is 10.3 Å². The molecule has 0 aliphatic carbocycles. The van der Waals surface area contributed by atoms with E-state index >= 15 is 0 Å². The average molecular weight is 273 g/mol. The highest BCUT2D eigenvalue weighted by atomic mass is 19.4. The van der Waals surface area contributed by atoms with Gasteiger partial charge < -0.3 is 5.11 Å². The molecule has 2 N–H and O–H groups in total. The zero-order chi connectivity index (χ0) is 14.0. The summed E-state index contributed by atoms with van der Waals surface area (Å²) in [6.45, 7) is 0. The second-order valence-electron chi connectivity index (χ2n) is 3.93. The summed E-state index contributed by atoms with van der Waals surface area (Å²) in [5.41, 5.74) is 2.55. The third-order valence-corrected chi connectivity index (χ3v) is 2.58. The summed E-state index contributed by atoms with van der Waals surface area (Å²) in [6.07, 6.45) is -5.07. The van der Waals surface area contributed by atoms with E-state index in [9.17, 15) is 18.0 Å². The van der Waals surface area contributed by atoms with Gasteiger partial charge in [0.1, 0.15) is 6.04 Å². The number of hydrazone groups is 1. The van der Waals surface area contributed by atoms with Crippen molar-refractivity contribution in [3.05, 3.63) is 35.9 Å². The van der Waals surface area contributed by atoms with Crippen molar-refractivity contribution in [3.8, 4) is 0 Å². The van der Waals surface area contributed by atoms with Crippen LogP contribution in [0.1, 0.15) is 5.56 Å². The van der Waals surface area contributed by atoms with Gasteiger partial charge in [-0.2, -0.15) is 0 Å². The average Bonchev–Trinajstić information content (AvgIpc) is 3.12. The number of aliphatic carboxylic acids is 1. The summed E-state index contributed by atoms with van der Waals surface area (Å²) in [6, 6.07) is 6.38. The molecular weight excluding hydrogens is 263 g/mol. The standard InChI is InChI=1S/C11H10F3N3O2/c12-11(13,14)17(10-15-16-10)8(9(18)19)6-7-4-2-1-3-5-7/h1-5,8H,6H2,(H,15,16)(H,18,19)/t8-/m0/s1. The minimum atomic E-state index is -4.81. The minimum absolute atomic E-state index is 0.178. The van der Waals surface area contributed by atoms with Crippen molar-refractivity contribution in [2.45, 2.75) is 18.8 Å². The Bertz CT molecular complexity index is 502. The molecule has 0 bridgehead atoms. The van der Waals surface area contributed by atoms with Crippen molar-refractivity contribution >= 4 is 11.9 Å². The molecule has 0 radical (unpaired) electrons. The molecule has 0 amide bonds. The first kappa shape index (κ1) is 13.2. The summed E-state index contributed by atoms with van der Waals surface area (Å²) in [5.74, 6) is -2.03. The van der Waals surface area contributed by atoms with Crippen LogP contribution >= 0.6 is 0 Å². The Morgan fingerprint density at radius 1 is 1.37 bits per heavy atom. The molecule has 19 heavy (non-hydrogen) atoms. The number of carboxylic acids is 1. The normalized spacial score (nSPS) is 15.2. The summed E-state index contributed by atoms with van der Waals surface area (Å²) >= 11 is 0. The van der Waals surface area contributed by atoms with Gasteiger partial charge in [-0.1, -0.05) is 30.3 Å². The maximum absolute atomic E-state index is 12.9. The number of carboxylic acid groups (broad SMARTS) is 1. The second kappa shape index (κ2) is 4.79. The Morgan fingerprint density at radius 3 is 2.37 bits per heavy atom. The van der Waals surface area contributed by atoms with Crippen LogP contribution in [0.2, 0.25) is 0 Å². The number of guanidine groups is 1. The maximum atomic E-state index is 12.9. The van der Waals surface area contributed by atoms with Gasteiger partial charge in [-0.3, -0.25) is 0 Å². The van der Waals surface area contributed by atoms with Crippen LogP contribution in [0, 0.1) is 0 Å². The summed E-state index contributed by atoms with van der Waals surface area (Å²) in [4.78, 5) is 10.9. The SMILES string of the molecule is O=C(O)[C@H](Cc1ccccc1)N(C1=NN1)C(F)(F)F. The molecule has 1 aliphatic heterocycles. The topological polar surface area (TPSA) is 74.8 Å². The van der Waals surface area contributed by atoms with Gasteiger partial charge in [0.05, 0.1) is 0 Å². The number of nitrogens with zero attached hydrogens (tertiary/aromatic N) is 2. The maximum Gasteiger partial charge on any atom is 0.488 e. The van der Waals surface area contributed by atoms with Gasteiger partial charge in [-0.05, 0) is 5.56 Å². The van der Waals surface area contributed by atoms with Crippen molar-refractivity contribution in [2.24, 2.45) is 5.10 Å². The van der Waals surface area contributed by atoms with Crippen molar-refractivity contribution in [3.63, 3.8) is 0 Å². The third kappa shape index (κ3) is 3.15. The number of nitrogens with one attached hydrogen (secondary N) is 1. The van der Waals surface area contributed by atoms with Crippen molar-refractivity contribution in [2.75, 3.05) is 0 Å². The molecule has 1 aliphatic rings. The second-order valence-corrected chi connectivity index (χ2v) is 3.93. The quantitative estimate of drug-likeness (QED) is 0.813. The summed E-state index contributed by atoms with van der Waals surface area (Å²) < 4.78 is 38.6. The van der Waals surface area contributed by atoms with Crippen LogP contribution < -0.4 is 5.43 Å². The van der Waals surface area contributed by atoms with Gasteiger partial charge in [0.25, 0.3) is 0 Å². The number of carbonyl (C=O) groups is 1. The zero-order valence-electron chi connectivity index (χ0n) is 9.55. The number of hydrogen-bond acceptors (Lipinski definition) is 4. The molecule has 0 spiro atoms. The molecule has 2 rings (SSSR count). The lowest BCUT2D eigenvalue weighted by Crippen LogP contribution is -2.52. The van der Waals surface area contributed by atoms with Gasteiger partial charge in [0.15, 0.2) is 0 Å². The monoisotopic (exact) mass is 273 g/mol. The predicted molar refractivity (Wildman–Crippen MR) is 60.0 cm³/mol. The molecule has 0 saturated carbocycles. The third-order valence-electron chi connectivity index (χ3n) is 2.58. The highest BCUT2D eigenvalue weighted by Crippen LogP contribution is 2.27. The molecule has 102 valence electrons. The fourth-order valence-corrected chi connectivity index (χ4v) is 1.70. The molecule has 0 fully saturated rings.